The number of hydrogen-bond acceptors (Lipinski definition) is 5. The summed E-state index contributed by atoms with van der Waals surface area (Å²) in [7, 11) is 0. The fourth-order valence-corrected chi connectivity index (χ4v) is 1.81. The van der Waals surface area contributed by atoms with Gasteiger partial charge in [0, 0.05) is 5.56 Å². The SMILES string of the molecule is CCOc1ccc(C(=O)CN(CC(N)=O)CC(N)=O)cc1. The second-order valence-corrected chi connectivity index (χ2v) is 4.46. The summed E-state index contributed by atoms with van der Waals surface area (Å²) in [5.41, 5.74) is 10.6. The zero-order valence-corrected chi connectivity index (χ0v) is 11.9. The molecule has 7 heteroatoms. The van der Waals surface area contributed by atoms with E-state index in [1.807, 2.05) is 6.92 Å². The average molecular weight is 293 g/mol. The Morgan fingerprint density at radius 3 is 1.95 bits per heavy atom. The van der Waals surface area contributed by atoms with Crippen LogP contribution in [0.4, 0.5) is 0 Å². The van der Waals surface area contributed by atoms with Crippen LogP contribution in [0.1, 0.15) is 17.3 Å². The minimum Gasteiger partial charge on any atom is -0.494 e. The van der Waals surface area contributed by atoms with Crippen molar-refractivity contribution in [1.82, 2.24) is 4.90 Å². The molecular formula is C14H19N3O4. The highest BCUT2D eigenvalue weighted by molar-refractivity contribution is 5.98. The molecule has 0 saturated heterocycles. The first-order chi connectivity index (χ1) is 9.92. The van der Waals surface area contributed by atoms with Crippen molar-refractivity contribution in [3.8, 4) is 5.75 Å². The van der Waals surface area contributed by atoms with Crippen LogP contribution in [0.25, 0.3) is 0 Å². The van der Waals surface area contributed by atoms with Crippen molar-refractivity contribution in [2.24, 2.45) is 11.5 Å². The number of carbonyl (C=O) groups is 3. The second-order valence-electron chi connectivity index (χ2n) is 4.46. The van der Waals surface area contributed by atoms with E-state index < -0.39 is 11.8 Å². The van der Waals surface area contributed by atoms with Crippen LogP contribution in [0.5, 0.6) is 5.75 Å². The van der Waals surface area contributed by atoms with Crippen LogP contribution in [-0.4, -0.2) is 48.7 Å². The smallest absolute Gasteiger partial charge is 0.231 e. The number of hydrogen-bond donors (Lipinski definition) is 2. The van der Waals surface area contributed by atoms with Crippen molar-refractivity contribution in [2.45, 2.75) is 6.92 Å². The quantitative estimate of drug-likeness (QED) is 0.598. The molecular weight excluding hydrogens is 274 g/mol. The standard InChI is InChI=1S/C14H19N3O4/c1-2-21-11-5-3-10(4-6-11)12(18)7-17(8-13(15)19)9-14(16)20/h3-6H,2,7-9H2,1H3,(H2,15,19)(H2,16,20). The lowest BCUT2D eigenvalue weighted by Crippen LogP contribution is -2.42. The molecule has 1 aromatic rings. The molecule has 0 radical (unpaired) electrons. The van der Waals surface area contributed by atoms with Gasteiger partial charge in [0.15, 0.2) is 5.78 Å². The van der Waals surface area contributed by atoms with Crippen LogP contribution in [0.3, 0.4) is 0 Å². The van der Waals surface area contributed by atoms with E-state index in [4.69, 9.17) is 16.2 Å². The molecule has 4 N–H and O–H groups in total. The summed E-state index contributed by atoms with van der Waals surface area (Å²) in [6.45, 7) is 1.89. The molecule has 0 fully saturated rings. The zero-order valence-electron chi connectivity index (χ0n) is 11.9. The summed E-state index contributed by atoms with van der Waals surface area (Å²) in [6, 6.07) is 6.62. The van der Waals surface area contributed by atoms with Crippen molar-refractivity contribution in [3.05, 3.63) is 29.8 Å². The minimum atomic E-state index is -0.629. The fraction of sp³-hybridized carbons (Fsp3) is 0.357. The third kappa shape index (κ3) is 6.05. The average Bonchev–Trinajstić information content (AvgIpc) is 2.38. The molecule has 0 heterocycles. The summed E-state index contributed by atoms with van der Waals surface area (Å²) in [4.78, 5) is 35.3. The van der Waals surface area contributed by atoms with Gasteiger partial charge in [0.25, 0.3) is 0 Å². The molecule has 2 amide bonds. The lowest BCUT2D eigenvalue weighted by molar-refractivity contribution is -0.121. The van der Waals surface area contributed by atoms with E-state index in [0.29, 0.717) is 17.9 Å². The summed E-state index contributed by atoms with van der Waals surface area (Å²) in [5, 5.41) is 0. The van der Waals surface area contributed by atoms with Crippen LogP contribution in [0.15, 0.2) is 24.3 Å². The molecule has 0 saturated carbocycles. The maximum absolute atomic E-state index is 12.1. The highest BCUT2D eigenvalue weighted by Gasteiger charge is 2.16. The third-order valence-corrected chi connectivity index (χ3v) is 2.61. The van der Waals surface area contributed by atoms with E-state index in [0.717, 1.165) is 0 Å². The van der Waals surface area contributed by atoms with Gasteiger partial charge in [-0.05, 0) is 31.2 Å². The van der Waals surface area contributed by atoms with E-state index in [1.54, 1.807) is 24.3 Å². The molecule has 21 heavy (non-hydrogen) atoms. The van der Waals surface area contributed by atoms with Crippen LogP contribution < -0.4 is 16.2 Å². The normalized spacial score (nSPS) is 10.4. The first-order valence-electron chi connectivity index (χ1n) is 6.47. The summed E-state index contributed by atoms with van der Waals surface area (Å²) in [6.07, 6.45) is 0. The first kappa shape index (κ1) is 16.6. The van der Waals surface area contributed by atoms with Crippen molar-refractivity contribution in [3.63, 3.8) is 0 Å². The number of ketones is 1. The number of carbonyl (C=O) groups excluding carboxylic acids is 3. The van der Waals surface area contributed by atoms with Crippen molar-refractivity contribution >= 4 is 17.6 Å². The molecule has 0 atom stereocenters. The number of nitrogens with two attached hydrogens (primary N) is 2. The Morgan fingerprint density at radius 2 is 1.52 bits per heavy atom. The van der Waals surface area contributed by atoms with E-state index in [-0.39, 0.29) is 25.4 Å². The third-order valence-electron chi connectivity index (χ3n) is 2.61. The van der Waals surface area contributed by atoms with Crippen LogP contribution >= 0.6 is 0 Å². The Balaban J connectivity index is 2.71. The fourth-order valence-electron chi connectivity index (χ4n) is 1.81. The number of Topliss-reactive ketones (excluding diaryl/α,β-unsaturated/α-hetero) is 1. The molecule has 0 aliphatic heterocycles. The first-order valence-corrected chi connectivity index (χ1v) is 6.47. The Labute approximate surface area is 122 Å². The predicted molar refractivity (Wildman–Crippen MR) is 76.8 cm³/mol. The number of primary amides is 2. The monoisotopic (exact) mass is 293 g/mol. The van der Waals surface area contributed by atoms with Gasteiger partial charge in [0.1, 0.15) is 5.75 Å². The van der Waals surface area contributed by atoms with Gasteiger partial charge in [-0.25, -0.2) is 0 Å². The Morgan fingerprint density at radius 1 is 1.00 bits per heavy atom. The topological polar surface area (TPSA) is 116 Å². The summed E-state index contributed by atoms with van der Waals surface area (Å²) in [5.74, 6) is -0.827. The van der Waals surface area contributed by atoms with E-state index in [1.165, 1.54) is 4.90 Å². The highest BCUT2D eigenvalue weighted by Crippen LogP contribution is 2.12. The van der Waals surface area contributed by atoms with Gasteiger partial charge in [-0.1, -0.05) is 0 Å². The number of ether oxygens (including phenoxy) is 1. The molecule has 1 aromatic carbocycles. The highest BCUT2D eigenvalue weighted by atomic mass is 16.5. The van der Waals surface area contributed by atoms with E-state index in [2.05, 4.69) is 0 Å². The Kier molecular flexibility index (Phi) is 6.35. The largest absolute Gasteiger partial charge is 0.494 e. The lowest BCUT2D eigenvalue weighted by Gasteiger charge is -2.17. The van der Waals surface area contributed by atoms with Gasteiger partial charge in [-0.3, -0.25) is 19.3 Å². The van der Waals surface area contributed by atoms with Gasteiger partial charge in [0.05, 0.1) is 26.2 Å². The number of benzene rings is 1. The maximum Gasteiger partial charge on any atom is 0.231 e. The molecule has 0 aromatic heterocycles. The van der Waals surface area contributed by atoms with Crippen LogP contribution in [-0.2, 0) is 9.59 Å². The van der Waals surface area contributed by atoms with Crippen LogP contribution in [0.2, 0.25) is 0 Å². The van der Waals surface area contributed by atoms with Crippen molar-refractivity contribution < 1.29 is 19.1 Å². The van der Waals surface area contributed by atoms with Gasteiger partial charge in [0.2, 0.25) is 11.8 Å². The molecule has 0 bridgehead atoms. The molecule has 1 rings (SSSR count). The summed E-state index contributed by atoms with van der Waals surface area (Å²) < 4.78 is 5.28. The van der Waals surface area contributed by atoms with Gasteiger partial charge >= 0.3 is 0 Å². The minimum absolute atomic E-state index is 0.111. The number of rotatable bonds is 9. The maximum atomic E-state index is 12.1. The Hall–Kier alpha value is -2.41. The molecule has 0 aliphatic carbocycles. The van der Waals surface area contributed by atoms with E-state index >= 15 is 0 Å². The second kappa shape index (κ2) is 8.01. The number of nitrogens with zero attached hydrogens (tertiary/aromatic N) is 1. The zero-order chi connectivity index (χ0) is 15.8. The molecule has 114 valence electrons. The lowest BCUT2D eigenvalue weighted by atomic mass is 10.1. The summed E-state index contributed by atoms with van der Waals surface area (Å²) >= 11 is 0. The molecule has 0 unspecified atom stereocenters. The van der Waals surface area contributed by atoms with Gasteiger partial charge in [-0.2, -0.15) is 0 Å². The van der Waals surface area contributed by atoms with Gasteiger partial charge in [-0.15, -0.1) is 0 Å². The molecule has 0 aliphatic rings. The van der Waals surface area contributed by atoms with E-state index in [9.17, 15) is 14.4 Å². The predicted octanol–water partition coefficient (Wildman–Crippen LogP) is -0.459. The number of amides is 2. The van der Waals surface area contributed by atoms with Crippen LogP contribution in [0, 0.1) is 0 Å². The van der Waals surface area contributed by atoms with Crippen molar-refractivity contribution in [2.75, 3.05) is 26.2 Å². The Bertz CT molecular complexity index is 497. The van der Waals surface area contributed by atoms with Gasteiger partial charge < -0.3 is 16.2 Å². The van der Waals surface area contributed by atoms with Crippen molar-refractivity contribution in [1.29, 1.82) is 0 Å². The molecule has 0 spiro atoms. The molecule has 7 nitrogen and oxygen atoms in total.